The smallest absolute Gasteiger partial charge is 0.110 e. The normalized spacial score (nSPS) is 24.8. The standard InChI is InChI=1S/C16H28N2OS/c1-11-5-7-14(8-6-11)15(17-9-10-19-4)16-18-12(2)13(3)20-16/h11,14-15,17H,5-10H2,1-4H3. The number of nitrogens with zero attached hydrogens (tertiary/aromatic N) is 1. The van der Waals surface area contributed by atoms with E-state index in [1.165, 1.54) is 41.3 Å². The van der Waals surface area contributed by atoms with E-state index in [0.29, 0.717) is 6.04 Å². The molecule has 0 spiro atoms. The van der Waals surface area contributed by atoms with Gasteiger partial charge in [0.05, 0.1) is 18.3 Å². The van der Waals surface area contributed by atoms with E-state index in [-0.39, 0.29) is 0 Å². The van der Waals surface area contributed by atoms with Gasteiger partial charge >= 0.3 is 0 Å². The molecule has 4 heteroatoms. The Hall–Kier alpha value is -0.450. The molecule has 0 aromatic carbocycles. The second-order valence-corrected chi connectivity index (χ2v) is 7.37. The lowest BCUT2D eigenvalue weighted by molar-refractivity contribution is 0.179. The fraction of sp³-hybridized carbons (Fsp3) is 0.812. The Balaban J connectivity index is 2.07. The molecule has 20 heavy (non-hydrogen) atoms. The SMILES string of the molecule is COCCNC(c1nc(C)c(C)s1)C1CCC(C)CC1. The zero-order chi connectivity index (χ0) is 14.5. The summed E-state index contributed by atoms with van der Waals surface area (Å²) in [4.78, 5) is 6.15. The van der Waals surface area contributed by atoms with Gasteiger partial charge in [-0.1, -0.05) is 19.8 Å². The minimum atomic E-state index is 0.412. The molecule has 0 aliphatic heterocycles. The van der Waals surface area contributed by atoms with Crippen LogP contribution < -0.4 is 5.32 Å². The minimum Gasteiger partial charge on any atom is -0.383 e. The quantitative estimate of drug-likeness (QED) is 0.809. The lowest BCUT2D eigenvalue weighted by Gasteiger charge is -2.32. The zero-order valence-corrected chi connectivity index (χ0v) is 14.1. The molecule has 1 fully saturated rings. The average molecular weight is 296 g/mol. The predicted octanol–water partition coefficient (Wildman–Crippen LogP) is 3.86. The van der Waals surface area contributed by atoms with E-state index in [0.717, 1.165) is 25.0 Å². The summed E-state index contributed by atoms with van der Waals surface area (Å²) in [5.74, 6) is 1.62. The van der Waals surface area contributed by atoms with E-state index < -0.39 is 0 Å². The van der Waals surface area contributed by atoms with Gasteiger partial charge in [-0.05, 0) is 38.5 Å². The highest BCUT2D eigenvalue weighted by molar-refractivity contribution is 7.11. The van der Waals surface area contributed by atoms with Gasteiger partial charge in [-0.3, -0.25) is 0 Å². The summed E-state index contributed by atoms with van der Waals surface area (Å²) < 4.78 is 5.18. The average Bonchev–Trinajstić information content (AvgIpc) is 2.76. The Morgan fingerprint density at radius 1 is 1.30 bits per heavy atom. The number of aryl methyl sites for hydroxylation is 2. The van der Waals surface area contributed by atoms with Crippen molar-refractivity contribution >= 4 is 11.3 Å². The number of thiazole rings is 1. The van der Waals surface area contributed by atoms with Gasteiger partial charge in [0.15, 0.2) is 0 Å². The number of hydrogen-bond donors (Lipinski definition) is 1. The van der Waals surface area contributed by atoms with Crippen molar-refractivity contribution in [3.05, 3.63) is 15.6 Å². The first-order chi connectivity index (χ1) is 9.61. The van der Waals surface area contributed by atoms with Crippen molar-refractivity contribution in [2.45, 2.75) is 52.5 Å². The van der Waals surface area contributed by atoms with E-state index in [4.69, 9.17) is 9.72 Å². The number of aromatic nitrogens is 1. The van der Waals surface area contributed by atoms with Crippen molar-refractivity contribution in [1.82, 2.24) is 10.3 Å². The zero-order valence-electron chi connectivity index (χ0n) is 13.2. The van der Waals surface area contributed by atoms with Crippen molar-refractivity contribution in [2.75, 3.05) is 20.3 Å². The third-order valence-corrected chi connectivity index (χ3v) is 5.67. The fourth-order valence-corrected chi connectivity index (χ4v) is 4.11. The minimum absolute atomic E-state index is 0.412. The van der Waals surface area contributed by atoms with Crippen LogP contribution in [-0.2, 0) is 4.74 Å². The molecule has 3 nitrogen and oxygen atoms in total. The van der Waals surface area contributed by atoms with Crippen LogP contribution in [0.1, 0.15) is 54.2 Å². The van der Waals surface area contributed by atoms with Crippen molar-refractivity contribution in [3.8, 4) is 0 Å². The Kier molecular flexibility index (Phi) is 6.00. The number of rotatable bonds is 6. The molecule has 2 rings (SSSR count). The lowest BCUT2D eigenvalue weighted by Crippen LogP contribution is -2.32. The van der Waals surface area contributed by atoms with Gasteiger partial charge in [0.2, 0.25) is 0 Å². The summed E-state index contributed by atoms with van der Waals surface area (Å²) in [5, 5.41) is 4.96. The summed E-state index contributed by atoms with van der Waals surface area (Å²) in [6, 6.07) is 0.412. The van der Waals surface area contributed by atoms with Crippen LogP contribution in [0.3, 0.4) is 0 Å². The van der Waals surface area contributed by atoms with Gasteiger partial charge in [0, 0.05) is 18.5 Å². The van der Waals surface area contributed by atoms with Gasteiger partial charge in [0.25, 0.3) is 0 Å². The largest absolute Gasteiger partial charge is 0.383 e. The maximum atomic E-state index is 5.18. The molecule has 1 heterocycles. The Bertz CT molecular complexity index is 391. The second kappa shape index (κ2) is 7.53. The van der Waals surface area contributed by atoms with Crippen molar-refractivity contribution in [3.63, 3.8) is 0 Å². The Morgan fingerprint density at radius 3 is 2.55 bits per heavy atom. The monoisotopic (exact) mass is 296 g/mol. The highest BCUT2D eigenvalue weighted by Gasteiger charge is 2.29. The van der Waals surface area contributed by atoms with Crippen LogP contribution in [0.2, 0.25) is 0 Å². The Morgan fingerprint density at radius 2 is 2.00 bits per heavy atom. The molecular weight excluding hydrogens is 268 g/mol. The highest BCUT2D eigenvalue weighted by atomic mass is 32.1. The molecule has 1 N–H and O–H groups in total. The first-order valence-electron chi connectivity index (χ1n) is 7.78. The van der Waals surface area contributed by atoms with Crippen LogP contribution in [0.15, 0.2) is 0 Å². The van der Waals surface area contributed by atoms with Crippen molar-refractivity contribution < 1.29 is 4.74 Å². The topological polar surface area (TPSA) is 34.1 Å². The summed E-state index contributed by atoms with van der Waals surface area (Å²) >= 11 is 1.86. The third-order valence-electron chi connectivity index (χ3n) is 4.51. The predicted molar refractivity (Wildman–Crippen MR) is 85.3 cm³/mol. The molecule has 1 aromatic rings. The summed E-state index contributed by atoms with van der Waals surface area (Å²) in [7, 11) is 1.76. The maximum Gasteiger partial charge on any atom is 0.110 e. The van der Waals surface area contributed by atoms with Crippen LogP contribution in [0, 0.1) is 25.7 Å². The van der Waals surface area contributed by atoms with Crippen molar-refractivity contribution in [1.29, 1.82) is 0 Å². The Labute approximate surface area is 127 Å². The number of ether oxygens (including phenoxy) is 1. The molecular formula is C16H28N2OS. The van der Waals surface area contributed by atoms with Crippen LogP contribution in [0.25, 0.3) is 0 Å². The van der Waals surface area contributed by atoms with Crippen LogP contribution >= 0.6 is 11.3 Å². The summed E-state index contributed by atoms with van der Waals surface area (Å²) in [6.45, 7) is 8.34. The number of methoxy groups -OCH3 is 1. The lowest BCUT2D eigenvalue weighted by atomic mass is 9.79. The van der Waals surface area contributed by atoms with Gasteiger partial charge in [-0.25, -0.2) is 4.98 Å². The van der Waals surface area contributed by atoms with Gasteiger partial charge in [0.1, 0.15) is 5.01 Å². The number of hydrogen-bond acceptors (Lipinski definition) is 4. The molecule has 1 unspecified atom stereocenters. The molecule has 0 radical (unpaired) electrons. The first kappa shape index (κ1) is 15.9. The molecule has 0 amide bonds. The van der Waals surface area contributed by atoms with Crippen LogP contribution in [0.4, 0.5) is 0 Å². The molecule has 1 aromatic heterocycles. The van der Waals surface area contributed by atoms with E-state index in [9.17, 15) is 0 Å². The fourth-order valence-electron chi connectivity index (χ4n) is 3.02. The van der Waals surface area contributed by atoms with Crippen molar-refractivity contribution in [2.24, 2.45) is 11.8 Å². The third kappa shape index (κ3) is 4.03. The summed E-state index contributed by atoms with van der Waals surface area (Å²) in [6.07, 6.45) is 5.36. The summed E-state index contributed by atoms with van der Waals surface area (Å²) in [5.41, 5.74) is 1.19. The van der Waals surface area contributed by atoms with Gasteiger partial charge in [-0.2, -0.15) is 0 Å². The van der Waals surface area contributed by atoms with E-state index in [2.05, 4.69) is 26.1 Å². The molecule has 1 atom stereocenters. The molecule has 0 bridgehead atoms. The van der Waals surface area contributed by atoms with E-state index in [1.807, 2.05) is 11.3 Å². The second-order valence-electron chi connectivity index (χ2n) is 6.14. The van der Waals surface area contributed by atoms with Crippen LogP contribution in [0.5, 0.6) is 0 Å². The first-order valence-corrected chi connectivity index (χ1v) is 8.59. The molecule has 114 valence electrons. The van der Waals surface area contributed by atoms with Gasteiger partial charge < -0.3 is 10.1 Å². The molecule has 1 aliphatic carbocycles. The van der Waals surface area contributed by atoms with Gasteiger partial charge in [-0.15, -0.1) is 11.3 Å². The van der Waals surface area contributed by atoms with Crippen LogP contribution in [-0.4, -0.2) is 25.2 Å². The van der Waals surface area contributed by atoms with E-state index in [1.54, 1.807) is 7.11 Å². The molecule has 0 saturated heterocycles. The molecule has 1 aliphatic rings. The number of nitrogens with one attached hydrogen (secondary N) is 1. The van der Waals surface area contributed by atoms with E-state index >= 15 is 0 Å². The maximum absolute atomic E-state index is 5.18. The highest BCUT2D eigenvalue weighted by Crippen LogP contribution is 2.38. The molecule has 1 saturated carbocycles.